The van der Waals surface area contributed by atoms with E-state index in [0.717, 1.165) is 0 Å². The highest BCUT2D eigenvalue weighted by Crippen LogP contribution is 2.25. The maximum Gasteiger partial charge on any atom is 0.305 e. The van der Waals surface area contributed by atoms with E-state index < -0.39 is 17.9 Å². The molecule has 0 unspecified atom stereocenters. The molecule has 114 valence electrons. The Morgan fingerprint density at radius 1 is 1.32 bits per heavy atom. The summed E-state index contributed by atoms with van der Waals surface area (Å²) in [7, 11) is 0. The lowest BCUT2D eigenvalue weighted by Gasteiger charge is -2.18. The highest BCUT2D eigenvalue weighted by Gasteiger charge is 2.21. The lowest BCUT2D eigenvalue weighted by atomic mass is 10.0. The number of hydrogen-bond acceptors (Lipinski definition) is 3. The summed E-state index contributed by atoms with van der Waals surface area (Å²) in [6, 6.07) is 7.70. The molecular formula is C15H12BrClN2O3. The molecule has 1 amide bonds. The molecule has 0 fully saturated rings. The van der Waals surface area contributed by atoms with E-state index in [1.54, 1.807) is 36.5 Å². The smallest absolute Gasteiger partial charge is 0.305 e. The molecule has 1 aromatic heterocycles. The van der Waals surface area contributed by atoms with Crippen LogP contribution in [0, 0.1) is 0 Å². The highest BCUT2D eigenvalue weighted by atomic mass is 79.9. The largest absolute Gasteiger partial charge is 0.481 e. The normalized spacial score (nSPS) is 11.7. The van der Waals surface area contributed by atoms with Crippen LogP contribution in [0.4, 0.5) is 0 Å². The van der Waals surface area contributed by atoms with Crippen LogP contribution in [0.5, 0.6) is 0 Å². The number of carboxylic acids is 1. The third-order valence-corrected chi connectivity index (χ3v) is 3.71. The molecule has 0 radical (unpaired) electrons. The molecule has 0 saturated heterocycles. The Hall–Kier alpha value is -1.92. The molecule has 0 aliphatic carbocycles. The Morgan fingerprint density at radius 2 is 2.05 bits per heavy atom. The van der Waals surface area contributed by atoms with Crippen LogP contribution in [0.1, 0.15) is 28.4 Å². The van der Waals surface area contributed by atoms with Gasteiger partial charge in [0.05, 0.1) is 18.0 Å². The Balaban J connectivity index is 2.25. The zero-order valence-corrected chi connectivity index (χ0v) is 13.6. The van der Waals surface area contributed by atoms with E-state index in [0.29, 0.717) is 20.6 Å². The molecule has 7 heteroatoms. The lowest BCUT2D eigenvalue weighted by molar-refractivity contribution is -0.137. The number of carbonyl (C=O) groups is 2. The minimum atomic E-state index is -1.03. The summed E-state index contributed by atoms with van der Waals surface area (Å²) in [5, 5.41) is 12.1. The SMILES string of the molecule is O=C(O)C[C@@H](NC(=O)c1cncc(Br)c1)c1ccccc1Cl. The van der Waals surface area contributed by atoms with Crippen LogP contribution in [-0.4, -0.2) is 22.0 Å². The second-order valence-corrected chi connectivity index (χ2v) is 5.86. The topological polar surface area (TPSA) is 79.3 Å². The van der Waals surface area contributed by atoms with Crippen LogP contribution in [0.25, 0.3) is 0 Å². The minimum absolute atomic E-state index is 0.267. The van der Waals surface area contributed by atoms with Gasteiger partial charge in [0.1, 0.15) is 0 Å². The van der Waals surface area contributed by atoms with Gasteiger partial charge in [-0.25, -0.2) is 0 Å². The van der Waals surface area contributed by atoms with Crippen LogP contribution >= 0.6 is 27.5 Å². The number of pyridine rings is 1. The molecular weight excluding hydrogens is 372 g/mol. The van der Waals surface area contributed by atoms with Crippen LogP contribution < -0.4 is 5.32 Å². The number of hydrogen-bond donors (Lipinski definition) is 2. The van der Waals surface area contributed by atoms with Gasteiger partial charge in [0, 0.05) is 21.9 Å². The number of amides is 1. The Morgan fingerprint density at radius 3 is 2.68 bits per heavy atom. The van der Waals surface area contributed by atoms with Gasteiger partial charge in [-0.05, 0) is 33.6 Å². The monoisotopic (exact) mass is 382 g/mol. The van der Waals surface area contributed by atoms with Crippen molar-refractivity contribution >= 4 is 39.4 Å². The summed E-state index contributed by atoms with van der Waals surface area (Å²) in [6.45, 7) is 0. The number of aromatic nitrogens is 1. The van der Waals surface area contributed by atoms with E-state index in [2.05, 4.69) is 26.2 Å². The number of halogens is 2. The molecule has 2 N–H and O–H groups in total. The second-order valence-electron chi connectivity index (χ2n) is 4.54. The molecule has 0 aliphatic rings. The second kappa shape index (κ2) is 7.38. The van der Waals surface area contributed by atoms with Crippen LogP contribution in [-0.2, 0) is 4.79 Å². The first-order valence-corrected chi connectivity index (χ1v) is 7.52. The molecule has 0 saturated carbocycles. The minimum Gasteiger partial charge on any atom is -0.481 e. The first-order chi connectivity index (χ1) is 10.5. The molecule has 5 nitrogen and oxygen atoms in total. The standard InChI is InChI=1S/C15H12BrClN2O3/c16-10-5-9(7-18-8-10)15(22)19-13(6-14(20)21)11-3-1-2-4-12(11)17/h1-5,7-8,13H,6H2,(H,19,22)(H,20,21)/t13-/m1/s1. The zero-order valence-electron chi connectivity index (χ0n) is 11.3. The average Bonchev–Trinajstić information content (AvgIpc) is 2.46. The lowest BCUT2D eigenvalue weighted by Crippen LogP contribution is -2.30. The van der Waals surface area contributed by atoms with Crippen molar-refractivity contribution in [2.75, 3.05) is 0 Å². The van der Waals surface area contributed by atoms with Crippen molar-refractivity contribution in [3.8, 4) is 0 Å². The number of nitrogens with zero attached hydrogens (tertiary/aromatic N) is 1. The van der Waals surface area contributed by atoms with E-state index in [1.807, 2.05) is 0 Å². The molecule has 0 spiro atoms. The van der Waals surface area contributed by atoms with E-state index in [-0.39, 0.29) is 6.42 Å². The fourth-order valence-electron chi connectivity index (χ4n) is 1.95. The Labute approximate surface area is 140 Å². The molecule has 2 aromatic rings. The van der Waals surface area contributed by atoms with E-state index in [9.17, 15) is 9.59 Å². The van der Waals surface area contributed by atoms with Crippen molar-refractivity contribution in [3.63, 3.8) is 0 Å². The van der Waals surface area contributed by atoms with Crippen molar-refractivity contribution in [3.05, 3.63) is 63.3 Å². The van der Waals surface area contributed by atoms with Gasteiger partial charge in [0.15, 0.2) is 0 Å². The summed E-state index contributed by atoms with van der Waals surface area (Å²) < 4.78 is 0.660. The Kier molecular flexibility index (Phi) is 5.51. The summed E-state index contributed by atoms with van der Waals surface area (Å²) in [5.74, 6) is -1.45. The summed E-state index contributed by atoms with van der Waals surface area (Å²) >= 11 is 9.33. The number of carboxylic acid groups (broad SMARTS) is 1. The zero-order chi connectivity index (χ0) is 16.1. The van der Waals surface area contributed by atoms with Crippen LogP contribution in [0.2, 0.25) is 5.02 Å². The molecule has 0 aliphatic heterocycles. The van der Waals surface area contributed by atoms with Gasteiger partial charge >= 0.3 is 5.97 Å². The summed E-state index contributed by atoms with van der Waals surface area (Å²) in [4.78, 5) is 27.2. The van der Waals surface area contributed by atoms with Crippen molar-refractivity contribution < 1.29 is 14.7 Å². The van der Waals surface area contributed by atoms with Gasteiger partial charge in [-0.15, -0.1) is 0 Å². The fraction of sp³-hybridized carbons (Fsp3) is 0.133. The van der Waals surface area contributed by atoms with Crippen molar-refractivity contribution in [2.45, 2.75) is 12.5 Å². The van der Waals surface area contributed by atoms with E-state index >= 15 is 0 Å². The van der Waals surface area contributed by atoms with Crippen LogP contribution in [0.3, 0.4) is 0 Å². The molecule has 0 bridgehead atoms. The first kappa shape index (κ1) is 16.5. The number of benzene rings is 1. The quantitative estimate of drug-likeness (QED) is 0.829. The fourth-order valence-corrected chi connectivity index (χ4v) is 2.58. The van der Waals surface area contributed by atoms with Gasteiger partial charge in [0.2, 0.25) is 0 Å². The average molecular weight is 384 g/mol. The molecule has 2 rings (SSSR count). The van der Waals surface area contributed by atoms with Crippen molar-refractivity contribution in [1.82, 2.24) is 10.3 Å². The number of carbonyl (C=O) groups excluding carboxylic acids is 1. The Bertz CT molecular complexity index is 709. The number of nitrogens with one attached hydrogen (secondary N) is 1. The number of rotatable bonds is 5. The predicted molar refractivity (Wildman–Crippen MR) is 85.8 cm³/mol. The molecule has 1 aromatic carbocycles. The predicted octanol–water partition coefficient (Wildman–Crippen LogP) is 3.44. The van der Waals surface area contributed by atoms with Gasteiger partial charge in [0.25, 0.3) is 5.91 Å². The van der Waals surface area contributed by atoms with Gasteiger partial charge < -0.3 is 10.4 Å². The van der Waals surface area contributed by atoms with E-state index in [1.165, 1.54) is 6.20 Å². The summed E-state index contributed by atoms with van der Waals surface area (Å²) in [6.07, 6.45) is 2.70. The third kappa shape index (κ3) is 4.29. The maximum atomic E-state index is 12.3. The number of aliphatic carboxylic acids is 1. The van der Waals surface area contributed by atoms with Crippen molar-refractivity contribution in [2.24, 2.45) is 0 Å². The van der Waals surface area contributed by atoms with Gasteiger partial charge in [-0.2, -0.15) is 0 Å². The van der Waals surface area contributed by atoms with Gasteiger partial charge in [-0.3, -0.25) is 14.6 Å². The molecule has 1 atom stereocenters. The molecule has 22 heavy (non-hydrogen) atoms. The first-order valence-electron chi connectivity index (χ1n) is 6.35. The summed E-state index contributed by atoms with van der Waals surface area (Å²) in [5.41, 5.74) is 0.889. The van der Waals surface area contributed by atoms with Crippen molar-refractivity contribution in [1.29, 1.82) is 0 Å². The third-order valence-electron chi connectivity index (χ3n) is 2.93. The molecule has 1 heterocycles. The van der Waals surface area contributed by atoms with E-state index in [4.69, 9.17) is 16.7 Å². The van der Waals surface area contributed by atoms with Gasteiger partial charge in [-0.1, -0.05) is 29.8 Å². The van der Waals surface area contributed by atoms with Crippen LogP contribution in [0.15, 0.2) is 47.2 Å². The highest BCUT2D eigenvalue weighted by molar-refractivity contribution is 9.10. The maximum absolute atomic E-state index is 12.3.